The summed E-state index contributed by atoms with van der Waals surface area (Å²) in [5.74, 6) is -0.390. The number of hydrogen-bond acceptors (Lipinski definition) is 4. The molecule has 0 amide bonds. The Morgan fingerprint density at radius 3 is 2.62 bits per heavy atom. The average Bonchev–Trinajstić information content (AvgIpc) is 2.66. The van der Waals surface area contributed by atoms with Gasteiger partial charge in [-0.2, -0.15) is 0 Å². The van der Waals surface area contributed by atoms with Crippen LogP contribution in [0.2, 0.25) is 0 Å². The molecule has 0 spiro atoms. The molecule has 0 saturated heterocycles. The summed E-state index contributed by atoms with van der Waals surface area (Å²) >= 11 is 0. The van der Waals surface area contributed by atoms with Crippen molar-refractivity contribution < 1.29 is 8.94 Å². The SMILES string of the molecule is Cc1ccc(CCc2noc(=O)o2)cc1C. The highest BCUT2D eigenvalue weighted by atomic mass is 16.6. The van der Waals surface area contributed by atoms with Crippen LogP contribution in [0.25, 0.3) is 0 Å². The predicted molar refractivity (Wildman–Crippen MR) is 58.4 cm³/mol. The fourth-order valence-corrected chi connectivity index (χ4v) is 1.53. The van der Waals surface area contributed by atoms with Gasteiger partial charge in [-0.3, -0.25) is 4.52 Å². The van der Waals surface area contributed by atoms with E-state index in [1.165, 1.54) is 16.7 Å². The first-order valence-electron chi connectivity index (χ1n) is 5.17. The number of hydrogen-bond donors (Lipinski definition) is 0. The van der Waals surface area contributed by atoms with Crippen molar-refractivity contribution in [1.82, 2.24) is 5.16 Å². The minimum Gasteiger partial charge on any atom is -0.375 e. The summed E-state index contributed by atoms with van der Waals surface area (Å²) in [7, 11) is 0. The lowest BCUT2D eigenvalue weighted by atomic mass is 10.0. The standard InChI is InChI=1S/C12H13NO3/c1-8-3-4-10(7-9(8)2)5-6-11-13-16-12(14)15-11/h3-4,7H,5-6H2,1-2H3. The van der Waals surface area contributed by atoms with Gasteiger partial charge in [-0.15, -0.1) is 0 Å². The van der Waals surface area contributed by atoms with E-state index in [9.17, 15) is 4.79 Å². The highest BCUT2D eigenvalue weighted by molar-refractivity contribution is 5.30. The van der Waals surface area contributed by atoms with Crippen molar-refractivity contribution >= 4 is 0 Å². The van der Waals surface area contributed by atoms with Gasteiger partial charge in [0.05, 0.1) is 0 Å². The first kappa shape index (κ1) is 10.7. The first-order valence-corrected chi connectivity index (χ1v) is 5.17. The molecule has 1 heterocycles. The molecular formula is C12H13NO3. The minimum absolute atomic E-state index is 0.350. The fourth-order valence-electron chi connectivity index (χ4n) is 1.53. The summed E-state index contributed by atoms with van der Waals surface area (Å²) in [4.78, 5) is 10.6. The molecule has 0 bridgehead atoms. The van der Waals surface area contributed by atoms with Gasteiger partial charge in [0.25, 0.3) is 0 Å². The zero-order chi connectivity index (χ0) is 11.5. The smallest absolute Gasteiger partial charge is 0.375 e. The summed E-state index contributed by atoms with van der Waals surface area (Å²) < 4.78 is 9.05. The molecule has 0 N–H and O–H groups in total. The third-order valence-corrected chi connectivity index (χ3v) is 2.62. The number of nitrogens with zero attached hydrogens (tertiary/aromatic N) is 1. The molecule has 84 valence electrons. The van der Waals surface area contributed by atoms with Crippen LogP contribution in [0.5, 0.6) is 0 Å². The van der Waals surface area contributed by atoms with Crippen molar-refractivity contribution in [3.63, 3.8) is 0 Å². The summed E-state index contributed by atoms with van der Waals surface area (Å²) in [5.41, 5.74) is 3.74. The molecule has 4 heteroatoms. The molecule has 0 aliphatic carbocycles. The van der Waals surface area contributed by atoms with E-state index in [1.54, 1.807) is 0 Å². The largest absolute Gasteiger partial charge is 0.542 e. The molecule has 0 aliphatic rings. The van der Waals surface area contributed by atoms with E-state index in [2.05, 4.69) is 41.7 Å². The molecule has 0 radical (unpaired) electrons. The van der Waals surface area contributed by atoms with Crippen molar-refractivity contribution in [2.75, 3.05) is 0 Å². The van der Waals surface area contributed by atoms with E-state index >= 15 is 0 Å². The Labute approximate surface area is 92.9 Å². The van der Waals surface area contributed by atoms with E-state index in [0.29, 0.717) is 12.3 Å². The number of rotatable bonds is 3. The second-order valence-corrected chi connectivity index (χ2v) is 3.85. The van der Waals surface area contributed by atoms with E-state index in [0.717, 1.165) is 6.42 Å². The van der Waals surface area contributed by atoms with Gasteiger partial charge in [-0.25, -0.2) is 4.79 Å². The Morgan fingerprint density at radius 1 is 1.19 bits per heavy atom. The van der Waals surface area contributed by atoms with E-state index in [4.69, 9.17) is 4.42 Å². The maximum atomic E-state index is 10.6. The lowest BCUT2D eigenvalue weighted by Gasteiger charge is -2.03. The summed E-state index contributed by atoms with van der Waals surface area (Å²) in [6.07, 6.45) is 1.37. The van der Waals surface area contributed by atoms with Crippen molar-refractivity contribution in [1.29, 1.82) is 0 Å². The monoisotopic (exact) mass is 219 g/mol. The third kappa shape index (κ3) is 2.39. The molecule has 0 atom stereocenters. The second kappa shape index (κ2) is 4.35. The van der Waals surface area contributed by atoms with Crippen LogP contribution in [-0.2, 0) is 12.8 Å². The van der Waals surface area contributed by atoms with Gasteiger partial charge in [0.2, 0.25) is 5.89 Å². The lowest BCUT2D eigenvalue weighted by molar-refractivity contribution is 0.334. The van der Waals surface area contributed by atoms with E-state index < -0.39 is 5.82 Å². The van der Waals surface area contributed by atoms with Gasteiger partial charge in [-0.1, -0.05) is 18.2 Å². The topological polar surface area (TPSA) is 56.2 Å². The Bertz CT molecular complexity index is 539. The third-order valence-electron chi connectivity index (χ3n) is 2.62. The second-order valence-electron chi connectivity index (χ2n) is 3.85. The van der Waals surface area contributed by atoms with Gasteiger partial charge in [0.1, 0.15) is 0 Å². The quantitative estimate of drug-likeness (QED) is 0.792. The van der Waals surface area contributed by atoms with Crippen LogP contribution >= 0.6 is 0 Å². The van der Waals surface area contributed by atoms with Crippen molar-refractivity contribution in [2.24, 2.45) is 0 Å². The highest BCUT2D eigenvalue weighted by Gasteiger charge is 2.04. The normalized spacial score (nSPS) is 10.6. The molecule has 16 heavy (non-hydrogen) atoms. The Kier molecular flexibility index (Phi) is 2.90. The number of benzene rings is 1. The molecule has 1 aromatic heterocycles. The fraction of sp³-hybridized carbons (Fsp3) is 0.333. The molecular weight excluding hydrogens is 206 g/mol. The molecule has 0 saturated carbocycles. The summed E-state index contributed by atoms with van der Waals surface area (Å²) in [6.45, 7) is 4.16. The van der Waals surface area contributed by atoms with Crippen LogP contribution in [-0.4, -0.2) is 5.16 Å². The van der Waals surface area contributed by atoms with Crippen LogP contribution < -0.4 is 5.82 Å². The zero-order valence-corrected chi connectivity index (χ0v) is 9.32. The Morgan fingerprint density at radius 2 is 2.00 bits per heavy atom. The average molecular weight is 219 g/mol. The first-order chi connectivity index (χ1) is 7.65. The number of aromatic nitrogens is 1. The molecule has 2 aromatic rings. The van der Waals surface area contributed by atoms with Gasteiger partial charge in [0, 0.05) is 6.42 Å². The van der Waals surface area contributed by atoms with Crippen LogP contribution in [0.4, 0.5) is 0 Å². The molecule has 2 rings (SSSR count). The van der Waals surface area contributed by atoms with Crippen molar-refractivity contribution in [2.45, 2.75) is 26.7 Å². The number of aryl methyl sites for hydroxylation is 4. The zero-order valence-electron chi connectivity index (χ0n) is 9.32. The molecule has 0 unspecified atom stereocenters. The van der Waals surface area contributed by atoms with Crippen LogP contribution in [0, 0.1) is 13.8 Å². The highest BCUT2D eigenvalue weighted by Crippen LogP contribution is 2.11. The summed E-state index contributed by atoms with van der Waals surface area (Å²) in [5, 5.41) is 3.52. The summed E-state index contributed by atoms with van der Waals surface area (Å²) in [6, 6.07) is 6.29. The lowest BCUT2D eigenvalue weighted by Crippen LogP contribution is -1.93. The van der Waals surface area contributed by atoms with Crippen molar-refractivity contribution in [3.05, 3.63) is 51.4 Å². The molecule has 0 aliphatic heterocycles. The molecule has 4 nitrogen and oxygen atoms in total. The Hall–Kier alpha value is -1.84. The maximum Gasteiger partial charge on any atom is 0.542 e. The van der Waals surface area contributed by atoms with E-state index in [-0.39, 0.29) is 0 Å². The van der Waals surface area contributed by atoms with Crippen molar-refractivity contribution in [3.8, 4) is 0 Å². The van der Waals surface area contributed by atoms with Gasteiger partial charge in [0.15, 0.2) is 0 Å². The van der Waals surface area contributed by atoms with Crippen LogP contribution in [0.15, 0.2) is 31.9 Å². The maximum absolute atomic E-state index is 10.6. The van der Waals surface area contributed by atoms with Gasteiger partial charge >= 0.3 is 5.82 Å². The van der Waals surface area contributed by atoms with Crippen LogP contribution in [0.3, 0.4) is 0 Å². The Balaban J connectivity index is 2.04. The van der Waals surface area contributed by atoms with Gasteiger partial charge < -0.3 is 4.42 Å². The van der Waals surface area contributed by atoms with Gasteiger partial charge in [-0.05, 0) is 42.1 Å². The molecule has 0 fully saturated rings. The molecule has 1 aromatic carbocycles. The van der Waals surface area contributed by atoms with Crippen LogP contribution in [0.1, 0.15) is 22.6 Å². The predicted octanol–water partition coefficient (Wildman–Crippen LogP) is 2.03. The van der Waals surface area contributed by atoms with E-state index in [1.807, 2.05) is 0 Å². The minimum atomic E-state index is -0.741.